The van der Waals surface area contributed by atoms with Crippen molar-refractivity contribution in [3.8, 4) is 43.1 Å². The third kappa shape index (κ3) is 5.79. The van der Waals surface area contributed by atoms with Crippen LogP contribution in [0.15, 0.2) is 212 Å². The third-order valence-electron chi connectivity index (χ3n) is 12.4. The smallest absolute Gasteiger partial charge is 0.0446 e. The molecule has 0 saturated heterocycles. The Kier molecular flexibility index (Phi) is 8.47. The Hall–Kier alpha value is -6.84. The Morgan fingerprint density at radius 3 is 1.52 bits per heavy atom. The maximum Gasteiger partial charge on any atom is 0.0446 e. The largest absolute Gasteiger partial charge is 0.134 e. The first-order chi connectivity index (χ1) is 29.8. The molecule has 0 radical (unpaired) electrons. The highest BCUT2D eigenvalue weighted by molar-refractivity contribution is 7.23. The van der Waals surface area contributed by atoms with Gasteiger partial charge in [0.05, 0.1) is 0 Å². The van der Waals surface area contributed by atoms with Crippen LogP contribution in [-0.2, 0) is 0 Å². The van der Waals surface area contributed by atoms with E-state index >= 15 is 0 Å². The van der Waals surface area contributed by atoms with Crippen LogP contribution in [-0.4, -0.2) is 0 Å². The van der Waals surface area contributed by atoms with Crippen LogP contribution < -0.4 is 0 Å². The van der Waals surface area contributed by atoms with Gasteiger partial charge < -0.3 is 0 Å². The highest BCUT2D eigenvalue weighted by Gasteiger charge is 2.27. The van der Waals surface area contributed by atoms with Crippen LogP contribution in [0.3, 0.4) is 0 Å². The Morgan fingerprint density at radius 1 is 0.367 bits per heavy atom. The molecule has 0 fully saturated rings. The predicted molar refractivity (Wildman–Crippen MR) is 262 cm³/mol. The average molecular weight is 799 g/mol. The standard InChI is InChI=1S/C58H38S2/c1-3-17-37(18-4-1)39-23-15-25-43(33-39)53-47-29-11-13-31-51(47)59-57(53)55-45-27-9-10-28-46(45)56(50-36-42-22-8-7-21-41(42)35-49(50)55)58-54(48-30-12-14-32-52(48)60-58)44-26-16-24-40(34-44)38-19-5-2-6-20-38/h1-23,25-36,40H,24H2. The van der Waals surface area contributed by atoms with Gasteiger partial charge in [0.25, 0.3) is 0 Å². The molecule has 0 nitrogen and oxygen atoms in total. The normalized spacial score (nSPS) is 14.1. The van der Waals surface area contributed by atoms with Gasteiger partial charge in [-0.25, -0.2) is 0 Å². The first-order valence-electron chi connectivity index (χ1n) is 20.8. The van der Waals surface area contributed by atoms with Gasteiger partial charge in [0, 0.05) is 58.1 Å². The summed E-state index contributed by atoms with van der Waals surface area (Å²) in [6.45, 7) is 0. The van der Waals surface area contributed by atoms with Crippen LogP contribution in [0.2, 0.25) is 0 Å². The molecular weight excluding hydrogens is 761 g/mol. The third-order valence-corrected chi connectivity index (χ3v) is 14.8. The second kappa shape index (κ2) is 14.5. The SMILES string of the molecule is C1=CC(c2c(-c3c4ccccc4c(-c4sc5ccccc5c4-c4cccc(-c5ccccc5)c4)c4cc5ccccc5cc34)sc3ccccc23)=CC(c2ccccc2)C1. The highest BCUT2D eigenvalue weighted by atomic mass is 32.1. The molecule has 0 spiro atoms. The summed E-state index contributed by atoms with van der Waals surface area (Å²) in [7, 11) is 0. The van der Waals surface area contributed by atoms with Gasteiger partial charge in [0.2, 0.25) is 0 Å². The lowest BCUT2D eigenvalue weighted by Crippen LogP contribution is -1.99. The molecule has 0 saturated carbocycles. The van der Waals surface area contributed by atoms with E-state index < -0.39 is 0 Å². The Bertz CT molecular complexity index is 3510. The second-order valence-corrected chi connectivity index (χ2v) is 18.0. The number of thiophene rings is 2. The van der Waals surface area contributed by atoms with E-state index in [1.54, 1.807) is 0 Å². The minimum atomic E-state index is 0.323. The number of hydrogen-bond donors (Lipinski definition) is 0. The summed E-state index contributed by atoms with van der Waals surface area (Å²) >= 11 is 3.86. The summed E-state index contributed by atoms with van der Waals surface area (Å²) < 4.78 is 2.61. The van der Waals surface area contributed by atoms with E-state index in [1.165, 1.54) is 112 Å². The van der Waals surface area contributed by atoms with Gasteiger partial charge >= 0.3 is 0 Å². The van der Waals surface area contributed by atoms with Crippen LogP contribution >= 0.6 is 22.7 Å². The van der Waals surface area contributed by atoms with Crippen molar-refractivity contribution in [1.82, 2.24) is 0 Å². The van der Waals surface area contributed by atoms with E-state index in [2.05, 4.69) is 212 Å². The van der Waals surface area contributed by atoms with E-state index in [0.717, 1.165) is 6.42 Å². The van der Waals surface area contributed by atoms with Gasteiger partial charge in [-0.3, -0.25) is 0 Å². The molecule has 11 aromatic rings. The van der Waals surface area contributed by atoms with Gasteiger partial charge in [-0.05, 0) is 96.9 Å². The van der Waals surface area contributed by atoms with Gasteiger partial charge in [0.15, 0.2) is 0 Å². The van der Waals surface area contributed by atoms with E-state index in [9.17, 15) is 0 Å². The first-order valence-corrected chi connectivity index (χ1v) is 22.4. The van der Waals surface area contributed by atoms with Crippen molar-refractivity contribution in [2.24, 2.45) is 0 Å². The van der Waals surface area contributed by atoms with Gasteiger partial charge in [-0.2, -0.15) is 0 Å². The molecule has 0 amide bonds. The second-order valence-electron chi connectivity index (χ2n) is 15.9. The summed E-state index contributed by atoms with van der Waals surface area (Å²) in [6, 6.07) is 71.9. The highest BCUT2D eigenvalue weighted by Crippen LogP contribution is 2.55. The summed E-state index contributed by atoms with van der Waals surface area (Å²) in [5.41, 5.74) is 11.6. The van der Waals surface area contributed by atoms with Crippen LogP contribution in [0, 0.1) is 0 Å². The van der Waals surface area contributed by atoms with Crippen LogP contribution in [0.1, 0.15) is 23.5 Å². The summed E-state index contributed by atoms with van der Waals surface area (Å²) in [5, 5.41) is 10.2. The predicted octanol–water partition coefficient (Wildman–Crippen LogP) is 17.4. The molecule has 0 N–H and O–H groups in total. The van der Waals surface area contributed by atoms with Crippen molar-refractivity contribution < 1.29 is 0 Å². The van der Waals surface area contributed by atoms with Gasteiger partial charge in [0.1, 0.15) is 0 Å². The number of rotatable bonds is 6. The minimum Gasteiger partial charge on any atom is -0.134 e. The van der Waals surface area contributed by atoms with Gasteiger partial charge in [-0.1, -0.05) is 182 Å². The molecule has 1 atom stereocenters. The number of fused-ring (bicyclic) bond motifs is 5. The average Bonchev–Trinajstić information content (AvgIpc) is 3.90. The van der Waals surface area contributed by atoms with Crippen LogP contribution in [0.25, 0.3) is 101 Å². The number of allylic oxidation sites excluding steroid dienone is 4. The van der Waals surface area contributed by atoms with Crippen molar-refractivity contribution in [3.05, 3.63) is 223 Å². The first kappa shape index (κ1) is 35.1. The summed E-state index contributed by atoms with van der Waals surface area (Å²) in [4.78, 5) is 2.64. The molecule has 2 heterocycles. The maximum atomic E-state index is 2.52. The van der Waals surface area contributed by atoms with E-state index in [-0.39, 0.29) is 0 Å². The molecular formula is C58H38S2. The maximum absolute atomic E-state index is 2.52. The fraction of sp³-hybridized carbons (Fsp3) is 0.0345. The Morgan fingerprint density at radius 2 is 0.867 bits per heavy atom. The molecule has 282 valence electrons. The molecule has 0 bridgehead atoms. The fourth-order valence-electron chi connectivity index (χ4n) is 9.63. The molecule has 1 unspecified atom stereocenters. The van der Waals surface area contributed by atoms with E-state index in [0.29, 0.717) is 5.92 Å². The molecule has 1 aliphatic carbocycles. The molecule has 1 aliphatic rings. The molecule has 9 aromatic carbocycles. The Labute approximate surface area is 357 Å². The van der Waals surface area contributed by atoms with Gasteiger partial charge in [-0.15, -0.1) is 22.7 Å². The molecule has 0 aliphatic heterocycles. The zero-order valence-corrected chi connectivity index (χ0v) is 34.4. The van der Waals surface area contributed by atoms with Crippen molar-refractivity contribution >= 4 is 80.7 Å². The minimum absolute atomic E-state index is 0.323. The lowest BCUT2D eigenvalue weighted by molar-refractivity contribution is 0.857. The van der Waals surface area contributed by atoms with E-state index in [1.807, 2.05) is 22.7 Å². The summed E-state index contributed by atoms with van der Waals surface area (Å²) in [5.74, 6) is 0.323. The van der Waals surface area contributed by atoms with Crippen molar-refractivity contribution in [2.45, 2.75) is 12.3 Å². The number of hydrogen-bond acceptors (Lipinski definition) is 2. The van der Waals surface area contributed by atoms with E-state index in [4.69, 9.17) is 0 Å². The van der Waals surface area contributed by atoms with Crippen molar-refractivity contribution in [1.29, 1.82) is 0 Å². The van der Waals surface area contributed by atoms with Crippen LogP contribution in [0.5, 0.6) is 0 Å². The summed E-state index contributed by atoms with van der Waals surface area (Å²) in [6.07, 6.45) is 8.28. The zero-order valence-electron chi connectivity index (χ0n) is 32.8. The molecule has 2 heteroatoms. The molecule has 60 heavy (non-hydrogen) atoms. The lowest BCUT2D eigenvalue weighted by atomic mass is 9.83. The quantitative estimate of drug-likeness (QED) is 0.147. The Balaban J connectivity index is 1.19. The van der Waals surface area contributed by atoms with Crippen molar-refractivity contribution in [3.63, 3.8) is 0 Å². The zero-order chi connectivity index (χ0) is 39.6. The van der Waals surface area contributed by atoms with Crippen molar-refractivity contribution in [2.75, 3.05) is 0 Å². The van der Waals surface area contributed by atoms with Crippen LogP contribution in [0.4, 0.5) is 0 Å². The topological polar surface area (TPSA) is 0 Å². The molecule has 2 aromatic heterocycles. The lowest BCUT2D eigenvalue weighted by Gasteiger charge is -2.21. The molecule has 12 rings (SSSR count). The number of benzene rings is 9. The monoisotopic (exact) mass is 798 g/mol. The fourth-order valence-corrected chi connectivity index (χ4v) is 12.2.